The van der Waals surface area contributed by atoms with Crippen molar-refractivity contribution in [1.29, 1.82) is 0 Å². The van der Waals surface area contributed by atoms with Crippen LogP contribution in [0.5, 0.6) is 0 Å². The number of carbonyl (C=O) groups excluding carboxylic acids is 1. The number of urea groups is 1. The summed E-state index contributed by atoms with van der Waals surface area (Å²) < 4.78 is 23.1. The van der Waals surface area contributed by atoms with Gasteiger partial charge in [0.25, 0.3) is 0 Å². The quantitative estimate of drug-likeness (QED) is 0.869. The number of hydrogen-bond donors (Lipinski definition) is 1. The first-order valence-corrected chi connectivity index (χ1v) is 9.78. The monoisotopic (exact) mass is 337 g/mol. The van der Waals surface area contributed by atoms with Crippen LogP contribution in [0.3, 0.4) is 0 Å². The number of rotatable bonds is 2. The van der Waals surface area contributed by atoms with Gasteiger partial charge in [0.2, 0.25) is 0 Å². The summed E-state index contributed by atoms with van der Waals surface area (Å²) in [6, 6.07) is 9.55. The Hall–Kier alpha value is -1.60. The molecule has 0 unspecified atom stereocenters. The molecule has 0 radical (unpaired) electrons. The van der Waals surface area contributed by atoms with E-state index in [4.69, 9.17) is 0 Å². The topological polar surface area (TPSA) is 69.7 Å². The summed E-state index contributed by atoms with van der Waals surface area (Å²) in [5.74, 6) is 0.227. The zero-order valence-electron chi connectivity index (χ0n) is 13.3. The maximum absolute atomic E-state index is 12.7. The third kappa shape index (κ3) is 3.84. The first-order valence-electron chi connectivity index (χ1n) is 7.96. The fraction of sp³-hybridized carbons (Fsp3) is 0.562. The lowest BCUT2D eigenvalue weighted by Gasteiger charge is -2.40. The van der Waals surface area contributed by atoms with Crippen LogP contribution in [0.2, 0.25) is 0 Å². The minimum absolute atomic E-state index is 0.00652. The van der Waals surface area contributed by atoms with E-state index < -0.39 is 9.84 Å². The molecule has 0 aliphatic carbocycles. The van der Waals surface area contributed by atoms with E-state index in [2.05, 4.69) is 17.3 Å². The van der Waals surface area contributed by atoms with E-state index in [1.165, 1.54) is 0 Å². The number of sulfone groups is 1. The predicted octanol–water partition coefficient (Wildman–Crippen LogP) is 0.872. The second-order valence-electron chi connectivity index (χ2n) is 6.43. The molecule has 0 aromatic heterocycles. The van der Waals surface area contributed by atoms with Crippen LogP contribution in [0, 0.1) is 0 Å². The number of nitrogens with zero attached hydrogens (tertiary/aromatic N) is 2. The Kier molecular flexibility index (Phi) is 4.59. The van der Waals surface area contributed by atoms with Gasteiger partial charge in [0.15, 0.2) is 9.84 Å². The van der Waals surface area contributed by atoms with Gasteiger partial charge < -0.3 is 15.1 Å². The summed E-state index contributed by atoms with van der Waals surface area (Å²) in [4.78, 5) is 16.7. The molecule has 1 aromatic carbocycles. The number of carbonyl (C=O) groups is 1. The lowest BCUT2D eigenvalue weighted by Crippen LogP contribution is -2.54. The van der Waals surface area contributed by atoms with E-state index in [1.807, 2.05) is 35.2 Å². The van der Waals surface area contributed by atoms with Crippen molar-refractivity contribution >= 4 is 15.9 Å². The summed E-state index contributed by atoms with van der Waals surface area (Å²) in [7, 11) is -0.937. The number of hydrogen-bond acceptors (Lipinski definition) is 4. The van der Waals surface area contributed by atoms with Crippen molar-refractivity contribution in [3.63, 3.8) is 0 Å². The molecule has 2 fully saturated rings. The maximum Gasteiger partial charge on any atom is 0.318 e. The highest BCUT2D eigenvalue weighted by atomic mass is 32.2. The molecule has 2 atom stereocenters. The summed E-state index contributed by atoms with van der Waals surface area (Å²) in [6.07, 6.45) is 0.512. The van der Waals surface area contributed by atoms with Gasteiger partial charge >= 0.3 is 6.03 Å². The first-order chi connectivity index (χ1) is 10.9. The van der Waals surface area contributed by atoms with Crippen LogP contribution < -0.4 is 5.32 Å². The van der Waals surface area contributed by atoms with Crippen LogP contribution in [0.4, 0.5) is 4.79 Å². The zero-order chi connectivity index (χ0) is 16.4. The van der Waals surface area contributed by atoms with E-state index >= 15 is 0 Å². The molecule has 2 heterocycles. The highest BCUT2D eigenvalue weighted by Gasteiger charge is 2.34. The zero-order valence-corrected chi connectivity index (χ0v) is 14.1. The largest absolute Gasteiger partial charge is 0.334 e. The minimum Gasteiger partial charge on any atom is -0.334 e. The Bertz CT molecular complexity index is 662. The molecule has 2 aliphatic rings. The fourth-order valence-corrected chi connectivity index (χ4v) is 4.96. The van der Waals surface area contributed by atoms with Gasteiger partial charge in [-0.05, 0) is 19.0 Å². The molecule has 6 nitrogen and oxygen atoms in total. The first kappa shape index (κ1) is 16.3. The van der Waals surface area contributed by atoms with E-state index in [9.17, 15) is 13.2 Å². The van der Waals surface area contributed by atoms with Gasteiger partial charge in [0.05, 0.1) is 17.5 Å². The molecule has 0 saturated carbocycles. The van der Waals surface area contributed by atoms with Crippen molar-refractivity contribution < 1.29 is 13.2 Å². The highest BCUT2D eigenvalue weighted by molar-refractivity contribution is 7.91. The maximum atomic E-state index is 12.7. The van der Waals surface area contributed by atoms with E-state index in [1.54, 1.807) is 0 Å². The number of nitrogens with one attached hydrogen (secondary N) is 1. The molecule has 3 rings (SSSR count). The molecule has 2 saturated heterocycles. The molecule has 1 aromatic rings. The van der Waals surface area contributed by atoms with Crippen LogP contribution >= 0.6 is 0 Å². The summed E-state index contributed by atoms with van der Waals surface area (Å²) >= 11 is 0. The highest BCUT2D eigenvalue weighted by Crippen LogP contribution is 2.25. The second kappa shape index (κ2) is 6.49. The lowest BCUT2D eigenvalue weighted by atomic mass is 10.0. The molecule has 7 heteroatoms. The number of likely N-dealkylation sites (N-methyl/N-ethyl adjacent to an activating group) is 1. The molecule has 126 valence electrons. The Morgan fingerprint density at radius 3 is 2.61 bits per heavy atom. The standard InChI is InChI=1S/C16H23N3O3S/c1-18-8-9-19(15(11-18)13-5-3-2-4-6-13)16(20)17-14-7-10-23(21,22)12-14/h2-6,14-15H,7-12H2,1H3,(H,17,20)/t14-,15+/m0/s1. The smallest absolute Gasteiger partial charge is 0.318 e. The van der Waals surface area contributed by atoms with Crippen LogP contribution in [0.15, 0.2) is 30.3 Å². The Balaban J connectivity index is 1.72. The van der Waals surface area contributed by atoms with Crippen molar-refractivity contribution in [3.05, 3.63) is 35.9 Å². The van der Waals surface area contributed by atoms with Gasteiger partial charge in [0.1, 0.15) is 0 Å². The van der Waals surface area contributed by atoms with Crippen molar-refractivity contribution in [2.45, 2.75) is 18.5 Å². The van der Waals surface area contributed by atoms with E-state index in [0.717, 1.165) is 18.7 Å². The van der Waals surface area contributed by atoms with Crippen molar-refractivity contribution in [2.75, 3.05) is 38.2 Å². The Labute approximate surface area is 137 Å². The van der Waals surface area contributed by atoms with Crippen molar-refractivity contribution in [2.24, 2.45) is 0 Å². The SMILES string of the molecule is CN1CCN(C(=O)N[C@H]2CCS(=O)(=O)C2)[C@@H](c2ccccc2)C1. The second-order valence-corrected chi connectivity index (χ2v) is 8.66. The lowest BCUT2D eigenvalue weighted by molar-refractivity contribution is 0.107. The number of piperazine rings is 1. The molecule has 2 amide bonds. The Morgan fingerprint density at radius 2 is 1.96 bits per heavy atom. The molecule has 23 heavy (non-hydrogen) atoms. The number of benzene rings is 1. The molecule has 2 aliphatic heterocycles. The predicted molar refractivity (Wildman–Crippen MR) is 89.0 cm³/mol. The van der Waals surface area contributed by atoms with Crippen molar-refractivity contribution in [3.8, 4) is 0 Å². The summed E-state index contributed by atoms with van der Waals surface area (Å²) in [5.41, 5.74) is 1.10. The van der Waals surface area contributed by atoms with Crippen molar-refractivity contribution in [1.82, 2.24) is 15.1 Å². The van der Waals surface area contributed by atoms with Crippen LogP contribution in [0.1, 0.15) is 18.0 Å². The van der Waals surface area contributed by atoms with Crippen LogP contribution in [0.25, 0.3) is 0 Å². The van der Waals surface area contributed by atoms with Gasteiger partial charge in [-0.1, -0.05) is 30.3 Å². The molecular formula is C16H23N3O3S. The van der Waals surface area contributed by atoms with Gasteiger partial charge in [-0.3, -0.25) is 0 Å². The van der Waals surface area contributed by atoms with E-state index in [-0.39, 0.29) is 29.6 Å². The molecule has 0 spiro atoms. The average Bonchev–Trinajstić information content (AvgIpc) is 2.86. The molecule has 0 bridgehead atoms. The van der Waals surface area contributed by atoms with Gasteiger partial charge in [-0.25, -0.2) is 13.2 Å². The minimum atomic E-state index is -2.99. The summed E-state index contributed by atoms with van der Waals surface area (Å²) in [5, 5.41) is 2.91. The third-order valence-electron chi connectivity index (χ3n) is 4.59. The molecular weight excluding hydrogens is 314 g/mol. The molecule has 1 N–H and O–H groups in total. The average molecular weight is 337 g/mol. The third-order valence-corrected chi connectivity index (χ3v) is 6.36. The summed E-state index contributed by atoms with van der Waals surface area (Å²) in [6.45, 7) is 2.24. The number of amides is 2. The Morgan fingerprint density at radius 1 is 1.22 bits per heavy atom. The fourth-order valence-electron chi connectivity index (χ4n) is 3.29. The van der Waals surface area contributed by atoms with Gasteiger partial charge in [-0.15, -0.1) is 0 Å². The van der Waals surface area contributed by atoms with Gasteiger partial charge in [0, 0.05) is 25.7 Å². The normalized spacial score (nSPS) is 27.8. The van der Waals surface area contributed by atoms with Crippen LogP contribution in [-0.2, 0) is 9.84 Å². The van der Waals surface area contributed by atoms with E-state index in [0.29, 0.717) is 13.0 Å². The van der Waals surface area contributed by atoms with Crippen LogP contribution in [-0.4, -0.2) is 68.5 Å². The van der Waals surface area contributed by atoms with Gasteiger partial charge in [-0.2, -0.15) is 0 Å².